The predicted octanol–water partition coefficient (Wildman–Crippen LogP) is 4.25. The first-order valence-corrected chi connectivity index (χ1v) is 10.8. The van der Waals surface area contributed by atoms with Gasteiger partial charge in [-0.2, -0.15) is 0 Å². The number of amides is 1. The third-order valence-corrected chi connectivity index (χ3v) is 6.03. The summed E-state index contributed by atoms with van der Waals surface area (Å²) in [6, 6.07) is 9.53. The summed E-state index contributed by atoms with van der Waals surface area (Å²) in [4.78, 5) is 30.4. The zero-order chi connectivity index (χ0) is 23.6. The minimum Gasteiger partial charge on any atom is -0.380 e. The number of nitrogens with one attached hydrogen (secondary N) is 1. The van der Waals surface area contributed by atoms with Crippen LogP contribution < -0.4 is 11.2 Å². The summed E-state index contributed by atoms with van der Waals surface area (Å²) < 4.78 is 44.8. The number of rotatable bonds is 3. The summed E-state index contributed by atoms with van der Waals surface area (Å²) in [5, 5.41) is 0.0984. The van der Waals surface area contributed by atoms with Crippen molar-refractivity contribution in [3.63, 3.8) is 0 Å². The predicted molar refractivity (Wildman–Crippen MR) is 117 cm³/mol. The second kappa shape index (κ2) is 9.35. The molecule has 1 saturated carbocycles. The second-order valence-corrected chi connectivity index (χ2v) is 8.47. The molecule has 1 aromatic carbocycles. The number of primary amides is 1. The molecule has 3 heterocycles. The lowest BCUT2D eigenvalue weighted by molar-refractivity contribution is -0.0412. The van der Waals surface area contributed by atoms with E-state index < -0.39 is 23.2 Å². The van der Waals surface area contributed by atoms with Crippen LogP contribution in [0.5, 0.6) is 0 Å². The zero-order valence-electron chi connectivity index (χ0n) is 17.8. The molecule has 1 amide bonds. The van der Waals surface area contributed by atoms with Crippen LogP contribution in [-0.2, 0) is 4.74 Å². The van der Waals surface area contributed by atoms with E-state index in [9.17, 15) is 22.8 Å². The van der Waals surface area contributed by atoms with Crippen molar-refractivity contribution in [1.29, 1.82) is 0 Å². The second-order valence-electron chi connectivity index (χ2n) is 8.47. The average molecular weight is 459 g/mol. The van der Waals surface area contributed by atoms with E-state index >= 15 is 0 Å². The van der Waals surface area contributed by atoms with E-state index in [0.717, 1.165) is 18.8 Å². The Hall–Kier alpha value is -3.20. The summed E-state index contributed by atoms with van der Waals surface area (Å²) in [5.41, 5.74) is 6.58. The number of benzene rings is 1. The number of carbonyl (C=O) groups is 1. The molecule has 3 N–H and O–H groups in total. The first kappa shape index (κ1) is 23.0. The van der Waals surface area contributed by atoms with Gasteiger partial charge in [-0.15, -0.1) is 0 Å². The van der Waals surface area contributed by atoms with Gasteiger partial charge < -0.3 is 15.5 Å². The molecule has 33 heavy (non-hydrogen) atoms. The number of carbonyl (C=O) groups excluding carboxylic acids is 1. The van der Waals surface area contributed by atoms with E-state index in [-0.39, 0.29) is 29.7 Å². The molecule has 5 rings (SSSR count). The number of H-pyrrole nitrogens is 1. The standard InChI is InChI=1S/C15H15F2N3O2.C9H9FO/c16-15(17)4-1-2-8(7-15)10-6-11(21)12-9(20-10)3-5-19-13(12)14(18)22;10-9-3-1-2-7(4-9)8-5-11-6-8/h3,5-6,8H,1-2,4,7H2,(H2,18,22)(H,20,21);1-4,8H,5-6H2/t8-;/m0./s1. The molecule has 2 aromatic heterocycles. The van der Waals surface area contributed by atoms with E-state index in [0.29, 0.717) is 30.0 Å². The van der Waals surface area contributed by atoms with Crippen molar-refractivity contribution in [2.24, 2.45) is 5.73 Å². The Balaban J connectivity index is 0.000000196. The van der Waals surface area contributed by atoms with Gasteiger partial charge in [0.15, 0.2) is 5.43 Å². The Labute approximate surface area is 188 Å². The van der Waals surface area contributed by atoms with Crippen LogP contribution in [0.1, 0.15) is 59.3 Å². The molecule has 1 aliphatic carbocycles. The molecule has 0 unspecified atom stereocenters. The molecular formula is C24H24F3N3O3. The summed E-state index contributed by atoms with van der Waals surface area (Å²) in [6.45, 7) is 1.48. The number of aromatic amines is 1. The molecule has 1 saturated heterocycles. The molecule has 0 spiro atoms. The molecule has 1 aliphatic heterocycles. The quantitative estimate of drug-likeness (QED) is 0.612. The number of aromatic nitrogens is 2. The highest BCUT2D eigenvalue weighted by Gasteiger charge is 2.37. The molecule has 3 aromatic rings. The summed E-state index contributed by atoms with van der Waals surface area (Å²) in [5.74, 6) is -3.63. The number of halogens is 3. The first-order valence-electron chi connectivity index (χ1n) is 10.8. The summed E-state index contributed by atoms with van der Waals surface area (Å²) in [7, 11) is 0. The fourth-order valence-corrected chi connectivity index (χ4v) is 4.25. The largest absolute Gasteiger partial charge is 0.380 e. The number of nitrogens with zero attached hydrogens (tertiary/aromatic N) is 1. The van der Waals surface area contributed by atoms with Crippen molar-refractivity contribution in [3.8, 4) is 0 Å². The zero-order valence-corrected chi connectivity index (χ0v) is 17.8. The highest BCUT2D eigenvalue weighted by atomic mass is 19.3. The van der Waals surface area contributed by atoms with Crippen LogP contribution in [0.4, 0.5) is 13.2 Å². The smallest absolute Gasteiger partial charge is 0.268 e. The maximum absolute atomic E-state index is 13.6. The molecule has 0 bridgehead atoms. The highest BCUT2D eigenvalue weighted by Crippen LogP contribution is 2.41. The van der Waals surface area contributed by atoms with Crippen molar-refractivity contribution in [2.75, 3.05) is 13.2 Å². The third-order valence-electron chi connectivity index (χ3n) is 6.03. The van der Waals surface area contributed by atoms with Gasteiger partial charge in [-0.05, 0) is 36.6 Å². The molecule has 174 valence electrons. The summed E-state index contributed by atoms with van der Waals surface area (Å²) >= 11 is 0. The van der Waals surface area contributed by atoms with Crippen LogP contribution in [0.25, 0.3) is 10.9 Å². The van der Waals surface area contributed by atoms with Crippen molar-refractivity contribution in [3.05, 3.63) is 75.6 Å². The van der Waals surface area contributed by atoms with E-state index in [1.54, 1.807) is 12.1 Å². The number of alkyl halides is 2. The Morgan fingerprint density at radius 3 is 2.61 bits per heavy atom. The molecule has 2 aliphatic rings. The van der Waals surface area contributed by atoms with Gasteiger partial charge in [-0.3, -0.25) is 14.6 Å². The van der Waals surface area contributed by atoms with Crippen LogP contribution in [0.15, 0.2) is 47.4 Å². The normalized spacial score (nSPS) is 19.9. The number of pyridine rings is 2. The molecule has 9 heteroatoms. The molecule has 2 fully saturated rings. The van der Waals surface area contributed by atoms with Gasteiger partial charge >= 0.3 is 0 Å². The van der Waals surface area contributed by atoms with Gasteiger partial charge in [-0.1, -0.05) is 12.1 Å². The lowest BCUT2D eigenvalue weighted by Gasteiger charge is -2.29. The molecule has 0 radical (unpaired) electrons. The fourth-order valence-electron chi connectivity index (χ4n) is 4.25. The lowest BCUT2D eigenvalue weighted by Crippen LogP contribution is -2.26. The fraction of sp³-hybridized carbons (Fsp3) is 0.375. The van der Waals surface area contributed by atoms with Gasteiger partial charge in [0.2, 0.25) is 5.92 Å². The molecular weight excluding hydrogens is 435 g/mol. The highest BCUT2D eigenvalue weighted by molar-refractivity contribution is 6.03. The van der Waals surface area contributed by atoms with Gasteiger partial charge in [0.05, 0.1) is 24.1 Å². The Kier molecular flexibility index (Phi) is 6.51. The van der Waals surface area contributed by atoms with Crippen LogP contribution in [0.2, 0.25) is 0 Å². The van der Waals surface area contributed by atoms with E-state index in [1.165, 1.54) is 24.4 Å². The Bertz CT molecular complexity index is 1220. The van der Waals surface area contributed by atoms with Crippen LogP contribution in [-0.4, -0.2) is 35.0 Å². The van der Waals surface area contributed by atoms with Gasteiger partial charge in [0.1, 0.15) is 11.5 Å². The Morgan fingerprint density at radius 1 is 1.18 bits per heavy atom. The van der Waals surface area contributed by atoms with Crippen molar-refractivity contribution in [1.82, 2.24) is 9.97 Å². The lowest BCUT2D eigenvalue weighted by atomic mass is 9.84. The van der Waals surface area contributed by atoms with Gasteiger partial charge in [0, 0.05) is 42.6 Å². The van der Waals surface area contributed by atoms with Gasteiger partial charge in [0.25, 0.3) is 5.91 Å². The van der Waals surface area contributed by atoms with Crippen molar-refractivity contribution >= 4 is 16.8 Å². The third kappa shape index (κ3) is 5.24. The van der Waals surface area contributed by atoms with E-state index in [1.807, 2.05) is 6.07 Å². The number of ether oxygens (including phenoxy) is 1. The minimum absolute atomic E-state index is 0.0984. The van der Waals surface area contributed by atoms with E-state index in [2.05, 4.69) is 9.97 Å². The monoisotopic (exact) mass is 459 g/mol. The number of nitrogens with two attached hydrogens (primary N) is 1. The maximum atomic E-state index is 13.6. The minimum atomic E-state index is -2.70. The Morgan fingerprint density at radius 2 is 1.97 bits per heavy atom. The summed E-state index contributed by atoms with van der Waals surface area (Å²) in [6.07, 6.45) is 1.99. The topological polar surface area (TPSA) is 98.1 Å². The number of hydrogen-bond acceptors (Lipinski definition) is 4. The van der Waals surface area contributed by atoms with Crippen LogP contribution in [0.3, 0.4) is 0 Å². The van der Waals surface area contributed by atoms with Crippen LogP contribution in [0, 0.1) is 5.82 Å². The maximum Gasteiger partial charge on any atom is 0.268 e. The van der Waals surface area contributed by atoms with Crippen molar-refractivity contribution < 1.29 is 22.7 Å². The first-order chi connectivity index (χ1) is 15.7. The number of fused-ring (bicyclic) bond motifs is 1. The molecule has 6 nitrogen and oxygen atoms in total. The number of hydrogen-bond donors (Lipinski definition) is 2. The van der Waals surface area contributed by atoms with Crippen LogP contribution >= 0.6 is 0 Å². The SMILES string of the molecule is Fc1cccc(C2COC2)c1.NC(=O)c1nccc2[nH]c([C@H]3CCCC(F)(F)C3)cc(=O)c12. The van der Waals surface area contributed by atoms with Gasteiger partial charge in [-0.25, -0.2) is 13.2 Å². The van der Waals surface area contributed by atoms with Crippen molar-refractivity contribution in [2.45, 2.75) is 43.4 Å². The van der Waals surface area contributed by atoms with E-state index in [4.69, 9.17) is 10.5 Å². The average Bonchev–Trinajstić information content (AvgIpc) is 2.72. The molecule has 1 atom stereocenters.